The Morgan fingerprint density at radius 1 is 1.11 bits per heavy atom. The molecule has 1 atom stereocenters. The molecule has 102 valence electrons. The molecule has 0 spiro atoms. The zero-order chi connectivity index (χ0) is 13.5. The molecule has 1 N–H and O–H groups in total. The summed E-state index contributed by atoms with van der Waals surface area (Å²) < 4.78 is 5.58. The second kappa shape index (κ2) is 7.39. The van der Waals surface area contributed by atoms with E-state index in [0.29, 0.717) is 6.54 Å². The zero-order valence-electron chi connectivity index (χ0n) is 11.9. The average Bonchev–Trinajstić information content (AvgIpc) is 2.35. The van der Waals surface area contributed by atoms with Gasteiger partial charge in [-0.05, 0) is 44.6 Å². The molecule has 1 aromatic rings. The Bertz CT molecular complexity index is 331. The number of hydrogen-bond acceptors (Lipinski definition) is 3. The molecule has 3 heteroatoms. The lowest BCUT2D eigenvalue weighted by molar-refractivity contribution is 0.119. The maximum absolute atomic E-state index is 10.1. The van der Waals surface area contributed by atoms with Gasteiger partial charge in [-0.2, -0.15) is 0 Å². The third kappa shape index (κ3) is 4.67. The first kappa shape index (κ1) is 15.0. The van der Waals surface area contributed by atoms with Gasteiger partial charge in [0.15, 0.2) is 0 Å². The van der Waals surface area contributed by atoms with E-state index < -0.39 is 6.10 Å². The van der Waals surface area contributed by atoms with Crippen LogP contribution >= 0.6 is 0 Å². The molecular weight excluding hydrogens is 226 g/mol. The van der Waals surface area contributed by atoms with E-state index in [1.165, 1.54) is 0 Å². The van der Waals surface area contributed by atoms with Gasteiger partial charge in [-0.3, -0.25) is 0 Å². The summed E-state index contributed by atoms with van der Waals surface area (Å²) in [5, 5.41) is 10.1. The first-order valence-electron chi connectivity index (χ1n) is 6.73. The monoisotopic (exact) mass is 251 g/mol. The molecule has 0 aliphatic heterocycles. The molecule has 1 aromatic carbocycles. The lowest BCUT2D eigenvalue weighted by Gasteiger charge is -2.22. The number of ether oxygens (including phenoxy) is 1. The summed E-state index contributed by atoms with van der Waals surface area (Å²) in [4.78, 5) is 2.21. The van der Waals surface area contributed by atoms with Gasteiger partial charge in [0.1, 0.15) is 5.75 Å². The fourth-order valence-electron chi connectivity index (χ4n) is 1.87. The highest BCUT2D eigenvalue weighted by Gasteiger charge is 2.11. The minimum absolute atomic E-state index is 0.177. The van der Waals surface area contributed by atoms with Crippen LogP contribution in [-0.4, -0.2) is 35.7 Å². The van der Waals surface area contributed by atoms with E-state index in [4.69, 9.17) is 4.74 Å². The summed E-state index contributed by atoms with van der Waals surface area (Å²) in [5.74, 6) is 0.851. The van der Waals surface area contributed by atoms with E-state index in [2.05, 4.69) is 18.7 Å². The Balaban J connectivity index is 2.61. The number of aliphatic hydroxyl groups excluding tert-OH is 1. The van der Waals surface area contributed by atoms with E-state index in [0.717, 1.165) is 24.4 Å². The van der Waals surface area contributed by atoms with Crippen molar-refractivity contribution in [2.45, 2.75) is 39.9 Å². The van der Waals surface area contributed by atoms with Crippen molar-refractivity contribution in [3.05, 3.63) is 29.8 Å². The predicted octanol–water partition coefficient (Wildman–Crippen LogP) is 2.85. The van der Waals surface area contributed by atoms with Gasteiger partial charge in [-0.1, -0.05) is 26.0 Å². The fraction of sp³-hybridized carbons (Fsp3) is 0.600. The lowest BCUT2D eigenvalue weighted by Crippen LogP contribution is -2.28. The van der Waals surface area contributed by atoms with Gasteiger partial charge in [0.2, 0.25) is 0 Å². The van der Waals surface area contributed by atoms with Crippen LogP contribution in [-0.2, 0) is 0 Å². The van der Waals surface area contributed by atoms with E-state index in [9.17, 15) is 5.11 Å². The quantitative estimate of drug-likeness (QED) is 0.809. The third-order valence-corrected chi connectivity index (χ3v) is 2.96. The standard InChI is InChI=1S/C15H25NO2/c1-5-16(6-2)11-15(17)13-7-9-14(10-8-13)18-12(3)4/h7-10,12,15,17H,5-6,11H2,1-4H3. The summed E-state index contributed by atoms with van der Waals surface area (Å²) >= 11 is 0. The van der Waals surface area contributed by atoms with Crippen LogP contribution in [0.2, 0.25) is 0 Å². The molecule has 0 amide bonds. The normalized spacial score (nSPS) is 13.1. The second-order valence-corrected chi connectivity index (χ2v) is 4.74. The van der Waals surface area contributed by atoms with Crippen LogP contribution < -0.4 is 4.74 Å². The molecule has 0 aliphatic carbocycles. The molecule has 1 rings (SSSR count). The highest BCUT2D eigenvalue weighted by molar-refractivity contribution is 5.28. The van der Waals surface area contributed by atoms with E-state index in [1.54, 1.807) is 0 Å². The van der Waals surface area contributed by atoms with Crippen molar-refractivity contribution >= 4 is 0 Å². The van der Waals surface area contributed by atoms with Gasteiger partial charge < -0.3 is 14.7 Å². The van der Waals surface area contributed by atoms with Crippen molar-refractivity contribution in [1.82, 2.24) is 4.90 Å². The van der Waals surface area contributed by atoms with Crippen LogP contribution in [0.25, 0.3) is 0 Å². The molecule has 0 heterocycles. The predicted molar refractivity (Wildman–Crippen MR) is 75.0 cm³/mol. The summed E-state index contributed by atoms with van der Waals surface area (Å²) in [6.45, 7) is 10.8. The Morgan fingerprint density at radius 3 is 2.11 bits per heavy atom. The molecule has 0 saturated heterocycles. The first-order valence-corrected chi connectivity index (χ1v) is 6.73. The van der Waals surface area contributed by atoms with Crippen LogP contribution in [0.4, 0.5) is 0 Å². The smallest absolute Gasteiger partial charge is 0.119 e. The maximum atomic E-state index is 10.1. The highest BCUT2D eigenvalue weighted by Crippen LogP contribution is 2.19. The largest absolute Gasteiger partial charge is 0.491 e. The Hall–Kier alpha value is -1.06. The molecule has 3 nitrogen and oxygen atoms in total. The number of aliphatic hydroxyl groups is 1. The van der Waals surface area contributed by atoms with Crippen LogP contribution in [0.3, 0.4) is 0 Å². The SMILES string of the molecule is CCN(CC)CC(O)c1ccc(OC(C)C)cc1. The Kier molecular flexibility index (Phi) is 6.16. The first-order chi connectivity index (χ1) is 8.56. The van der Waals surface area contributed by atoms with Crippen LogP contribution in [0.1, 0.15) is 39.4 Å². The number of likely N-dealkylation sites (N-methyl/N-ethyl adjacent to an activating group) is 1. The van der Waals surface area contributed by atoms with Crippen molar-refractivity contribution in [3.8, 4) is 5.75 Å². The molecule has 0 bridgehead atoms. The zero-order valence-corrected chi connectivity index (χ0v) is 11.9. The molecule has 0 radical (unpaired) electrons. The van der Waals surface area contributed by atoms with E-state index >= 15 is 0 Å². The van der Waals surface area contributed by atoms with Crippen molar-refractivity contribution in [1.29, 1.82) is 0 Å². The van der Waals surface area contributed by atoms with Gasteiger partial charge in [0.05, 0.1) is 12.2 Å². The van der Waals surface area contributed by atoms with Gasteiger partial charge >= 0.3 is 0 Å². The molecule has 1 unspecified atom stereocenters. The van der Waals surface area contributed by atoms with Crippen molar-refractivity contribution in [2.24, 2.45) is 0 Å². The second-order valence-electron chi connectivity index (χ2n) is 4.74. The summed E-state index contributed by atoms with van der Waals surface area (Å²) in [7, 11) is 0. The number of rotatable bonds is 7. The van der Waals surface area contributed by atoms with Gasteiger partial charge in [-0.15, -0.1) is 0 Å². The van der Waals surface area contributed by atoms with Gasteiger partial charge in [0, 0.05) is 6.54 Å². The van der Waals surface area contributed by atoms with Crippen LogP contribution in [0.5, 0.6) is 5.75 Å². The molecule has 0 saturated carbocycles. The van der Waals surface area contributed by atoms with Crippen molar-refractivity contribution in [3.63, 3.8) is 0 Å². The third-order valence-electron chi connectivity index (χ3n) is 2.96. The summed E-state index contributed by atoms with van der Waals surface area (Å²) in [5.41, 5.74) is 0.943. The number of hydrogen-bond donors (Lipinski definition) is 1. The molecule has 0 fully saturated rings. The minimum atomic E-state index is -0.432. The molecule has 18 heavy (non-hydrogen) atoms. The summed E-state index contributed by atoms with van der Waals surface area (Å²) in [6.07, 6.45) is -0.255. The topological polar surface area (TPSA) is 32.7 Å². The molecule has 0 aromatic heterocycles. The summed E-state index contributed by atoms with van der Waals surface area (Å²) in [6, 6.07) is 7.71. The average molecular weight is 251 g/mol. The van der Waals surface area contributed by atoms with Crippen molar-refractivity contribution < 1.29 is 9.84 Å². The maximum Gasteiger partial charge on any atom is 0.119 e. The van der Waals surface area contributed by atoms with Gasteiger partial charge in [-0.25, -0.2) is 0 Å². The molecule has 0 aliphatic rings. The fourth-order valence-corrected chi connectivity index (χ4v) is 1.87. The van der Waals surface area contributed by atoms with E-state index in [1.807, 2.05) is 38.1 Å². The Labute approximate surface area is 110 Å². The number of nitrogens with zero attached hydrogens (tertiary/aromatic N) is 1. The number of benzene rings is 1. The van der Waals surface area contributed by atoms with Crippen molar-refractivity contribution in [2.75, 3.05) is 19.6 Å². The van der Waals surface area contributed by atoms with E-state index in [-0.39, 0.29) is 6.10 Å². The minimum Gasteiger partial charge on any atom is -0.491 e. The van der Waals surface area contributed by atoms with Crippen LogP contribution in [0, 0.1) is 0 Å². The van der Waals surface area contributed by atoms with Crippen LogP contribution in [0.15, 0.2) is 24.3 Å². The Morgan fingerprint density at radius 2 is 1.67 bits per heavy atom. The van der Waals surface area contributed by atoms with Gasteiger partial charge in [0.25, 0.3) is 0 Å². The molecular formula is C15H25NO2. The lowest BCUT2D eigenvalue weighted by atomic mass is 10.1. The highest BCUT2D eigenvalue weighted by atomic mass is 16.5.